The van der Waals surface area contributed by atoms with Crippen molar-refractivity contribution in [2.45, 2.75) is 0 Å². The Kier molecular flexibility index (Phi) is 39.1. The largest absolute Gasteiger partial charge is 4.00 e. The second-order valence-electron chi connectivity index (χ2n) is 2.09. The van der Waals surface area contributed by atoms with E-state index < -0.39 is 23.9 Å². The first-order valence-electron chi connectivity index (χ1n) is 4.42. The Morgan fingerprint density at radius 3 is 0.571 bits per heavy atom. The summed E-state index contributed by atoms with van der Waals surface area (Å²) in [6.45, 7) is 11.6. The molecule has 0 amide bonds. The average Bonchev–Trinajstić information content (AvgIpc) is 2.40. The number of carboxylic acids is 4. The summed E-state index contributed by atoms with van der Waals surface area (Å²) >= 11 is 0. The van der Waals surface area contributed by atoms with Gasteiger partial charge < -0.3 is 39.6 Å². The van der Waals surface area contributed by atoms with Crippen molar-refractivity contribution in [3.63, 3.8) is 0 Å². The van der Waals surface area contributed by atoms with Gasteiger partial charge in [0.15, 0.2) is 0 Å². The SMILES string of the molecule is C=CC(=O)[O-].C=CC(=O)[O-].C=CC(=O)[O-].C=CC(=O)[O-].[Hf+4]. The summed E-state index contributed by atoms with van der Waals surface area (Å²) < 4.78 is 0. The zero-order valence-electron chi connectivity index (χ0n) is 10.9. The predicted molar refractivity (Wildman–Crippen MR) is 60.8 cm³/mol. The van der Waals surface area contributed by atoms with E-state index in [-0.39, 0.29) is 25.8 Å². The smallest absolute Gasteiger partial charge is 0.545 e. The minimum atomic E-state index is -1.23. The summed E-state index contributed by atoms with van der Waals surface area (Å²) in [6.07, 6.45) is 2.89. The Morgan fingerprint density at radius 1 is 0.524 bits per heavy atom. The number of aliphatic carboxylic acids is 4. The van der Waals surface area contributed by atoms with Crippen molar-refractivity contribution in [2.24, 2.45) is 0 Å². The van der Waals surface area contributed by atoms with Crippen LogP contribution in [0.4, 0.5) is 0 Å². The first-order chi connectivity index (χ1) is 9.08. The Labute approximate surface area is 140 Å². The molecule has 0 saturated carbocycles. The first kappa shape index (κ1) is 31.2. The summed E-state index contributed by atoms with van der Waals surface area (Å²) in [5.74, 6) is -4.93. The van der Waals surface area contributed by atoms with Crippen molar-refractivity contribution in [2.75, 3.05) is 0 Å². The van der Waals surface area contributed by atoms with Crippen molar-refractivity contribution in [1.29, 1.82) is 0 Å². The van der Waals surface area contributed by atoms with Crippen LogP contribution in [0.15, 0.2) is 50.6 Å². The van der Waals surface area contributed by atoms with Crippen molar-refractivity contribution in [3.05, 3.63) is 50.6 Å². The number of rotatable bonds is 4. The number of carbonyl (C=O) groups excluding carboxylic acids is 4. The average molecular weight is 463 g/mol. The number of hydrogen-bond acceptors (Lipinski definition) is 8. The van der Waals surface area contributed by atoms with Crippen molar-refractivity contribution >= 4 is 23.9 Å². The van der Waals surface area contributed by atoms with Crippen LogP contribution in [0.25, 0.3) is 0 Å². The standard InChI is InChI=1S/4C3H4O2.Hf/c4*1-2-3(4)5;/h4*2H,1H2,(H,4,5);/q;;;;+4/p-4. The molecule has 9 heteroatoms. The zero-order valence-corrected chi connectivity index (χ0v) is 14.5. The topological polar surface area (TPSA) is 161 Å². The van der Waals surface area contributed by atoms with E-state index in [0.717, 1.165) is 24.3 Å². The number of carbonyl (C=O) groups is 4. The third-order valence-electron chi connectivity index (χ3n) is 0.667. The van der Waals surface area contributed by atoms with Gasteiger partial charge in [-0.1, -0.05) is 26.3 Å². The normalized spacial score (nSPS) is 6.10. The quantitative estimate of drug-likeness (QED) is 0.299. The molecule has 0 aromatic heterocycles. The minimum absolute atomic E-state index is 0. The van der Waals surface area contributed by atoms with E-state index in [1.54, 1.807) is 0 Å². The van der Waals surface area contributed by atoms with Crippen molar-refractivity contribution in [1.82, 2.24) is 0 Å². The van der Waals surface area contributed by atoms with Gasteiger partial charge in [-0.2, -0.15) is 0 Å². The molecule has 21 heavy (non-hydrogen) atoms. The third kappa shape index (κ3) is 134. The second-order valence-corrected chi connectivity index (χ2v) is 2.09. The molecule has 0 aliphatic heterocycles. The molecule has 0 N–H and O–H groups in total. The monoisotopic (exact) mass is 464 g/mol. The molecule has 0 aliphatic carbocycles. The first-order valence-corrected chi connectivity index (χ1v) is 4.42. The summed E-state index contributed by atoms with van der Waals surface area (Å²) in [5.41, 5.74) is 0. The van der Waals surface area contributed by atoms with Crippen LogP contribution in [0.3, 0.4) is 0 Å². The molecule has 0 heterocycles. The molecule has 0 aromatic rings. The van der Waals surface area contributed by atoms with Crippen LogP contribution in [0, 0.1) is 0 Å². The van der Waals surface area contributed by atoms with E-state index in [0.29, 0.717) is 0 Å². The minimum Gasteiger partial charge on any atom is -0.545 e. The molecule has 8 nitrogen and oxygen atoms in total. The zero-order chi connectivity index (χ0) is 17.1. The maximum absolute atomic E-state index is 9.14. The molecule has 0 saturated heterocycles. The molecule has 0 radical (unpaired) electrons. The van der Waals surface area contributed by atoms with Crippen LogP contribution in [-0.4, -0.2) is 23.9 Å². The van der Waals surface area contributed by atoms with Gasteiger partial charge in [0.1, 0.15) is 0 Å². The number of hydrogen-bond donors (Lipinski definition) is 0. The van der Waals surface area contributed by atoms with Gasteiger partial charge in [-0.3, -0.25) is 0 Å². The Morgan fingerprint density at radius 2 is 0.571 bits per heavy atom. The van der Waals surface area contributed by atoms with Gasteiger partial charge in [0, 0.05) is 0 Å². The van der Waals surface area contributed by atoms with E-state index >= 15 is 0 Å². The van der Waals surface area contributed by atoms with Crippen LogP contribution in [0.1, 0.15) is 0 Å². The van der Waals surface area contributed by atoms with E-state index in [9.17, 15) is 0 Å². The molecule has 0 bridgehead atoms. The van der Waals surface area contributed by atoms with Gasteiger partial charge >= 0.3 is 25.8 Å². The van der Waals surface area contributed by atoms with Gasteiger partial charge in [-0.05, 0) is 24.3 Å². The van der Waals surface area contributed by atoms with Gasteiger partial charge in [-0.25, -0.2) is 0 Å². The maximum atomic E-state index is 9.14. The fraction of sp³-hybridized carbons (Fsp3) is 0. The van der Waals surface area contributed by atoms with E-state index in [1.807, 2.05) is 0 Å². The van der Waals surface area contributed by atoms with Gasteiger partial charge in [0.25, 0.3) is 0 Å². The Bertz CT molecular complexity index is 301. The Balaban J connectivity index is -0.0000000533. The molecule has 112 valence electrons. The molecule has 0 rings (SSSR count). The summed E-state index contributed by atoms with van der Waals surface area (Å²) in [4.78, 5) is 36.6. The molecule has 0 spiro atoms. The van der Waals surface area contributed by atoms with Crippen LogP contribution in [0.2, 0.25) is 0 Å². The maximum Gasteiger partial charge on any atom is 4.00 e. The molecular weight excluding hydrogens is 451 g/mol. The summed E-state index contributed by atoms with van der Waals surface area (Å²) in [7, 11) is 0. The fourth-order valence-corrected chi connectivity index (χ4v) is 0. The van der Waals surface area contributed by atoms with Crippen LogP contribution in [0.5, 0.6) is 0 Å². The Hall–Kier alpha value is -2.29. The van der Waals surface area contributed by atoms with E-state index in [4.69, 9.17) is 39.6 Å². The van der Waals surface area contributed by atoms with Crippen molar-refractivity contribution in [3.8, 4) is 0 Å². The molecule has 0 aromatic carbocycles. The molecular formula is C12H12HfO8. The van der Waals surface area contributed by atoms with E-state index in [1.165, 1.54) is 0 Å². The van der Waals surface area contributed by atoms with Gasteiger partial charge in [0.2, 0.25) is 0 Å². The molecule has 0 aliphatic rings. The number of carboxylic acid groups (broad SMARTS) is 4. The second kappa shape index (κ2) is 26.3. The van der Waals surface area contributed by atoms with Crippen molar-refractivity contribution < 1.29 is 65.4 Å². The van der Waals surface area contributed by atoms with Gasteiger partial charge in [0.05, 0.1) is 23.9 Å². The molecule has 0 unspecified atom stereocenters. The van der Waals surface area contributed by atoms with Crippen LogP contribution in [-0.2, 0) is 45.0 Å². The summed E-state index contributed by atoms with van der Waals surface area (Å²) in [6, 6.07) is 0. The summed E-state index contributed by atoms with van der Waals surface area (Å²) in [5, 5.41) is 36.6. The predicted octanol–water partition coefficient (Wildman–Crippen LogP) is -4.31. The van der Waals surface area contributed by atoms with E-state index in [2.05, 4.69) is 26.3 Å². The van der Waals surface area contributed by atoms with Gasteiger partial charge in [-0.15, -0.1) is 0 Å². The molecule has 0 fully saturated rings. The third-order valence-corrected chi connectivity index (χ3v) is 0.667. The van der Waals surface area contributed by atoms with Crippen LogP contribution < -0.4 is 20.4 Å². The van der Waals surface area contributed by atoms with Crippen LogP contribution >= 0.6 is 0 Å². The fourth-order valence-electron chi connectivity index (χ4n) is 0. The molecule has 0 atom stereocenters.